The van der Waals surface area contributed by atoms with E-state index in [-0.39, 0.29) is 5.92 Å². The molecule has 1 atom stereocenters. The lowest BCUT2D eigenvalue weighted by atomic mass is 9.93. The van der Waals surface area contributed by atoms with Gasteiger partial charge in [-0.3, -0.25) is 14.6 Å². The number of rotatable bonds is 5. The van der Waals surface area contributed by atoms with Gasteiger partial charge in [0.25, 0.3) is 0 Å². The Hall–Kier alpha value is -1.91. The van der Waals surface area contributed by atoms with Crippen LogP contribution in [0.1, 0.15) is 44.1 Å². The van der Waals surface area contributed by atoms with E-state index in [0.717, 1.165) is 32.6 Å². The standard InChI is InChI=1S/C25H33N3O/c29-25(26-23-9-10-23)22-6-3-13-28(18-22)24-11-14-27(15-12-24)17-19-7-8-20-4-1-2-5-21(20)16-19/h1-2,4-5,7-8,16,22-24H,3,6,9-15,17-18H2,(H,26,29)/t22-/m1/s1. The number of benzene rings is 2. The van der Waals surface area contributed by atoms with Gasteiger partial charge in [0, 0.05) is 25.2 Å². The van der Waals surface area contributed by atoms with E-state index in [9.17, 15) is 4.79 Å². The topological polar surface area (TPSA) is 35.6 Å². The van der Waals surface area contributed by atoms with Crippen LogP contribution in [-0.4, -0.2) is 54.0 Å². The highest BCUT2D eigenvalue weighted by molar-refractivity contribution is 5.83. The van der Waals surface area contributed by atoms with Crippen molar-refractivity contribution in [2.75, 3.05) is 26.2 Å². The van der Waals surface area contributed by atoms with Gasteiger partial charge >= 0.3 is 0 Å². The van der Waals surface area contributed by atoms with Crippen LogP contribution in [0, 0.1) is 5.92 Å². The van der Waals surface area contributed by atoms with E-state index < -0.39 is 0 Å². The van der Waals surface area contributed by atoms with Crippen LogP contribution < -0.4 is 5.32 Å². The predicted molar refractivity (Wildman–Crippen MR) is 118 cm³/mol. The fourth-order valence-corrected chi connectivity index (χ4v) is 5.14. The number of carbonyl (C=O) groups excluding carboxylic acids is 1. The normalized spacial score (nSPS) is 24.6. The quantitative estimate of drug-likeness (QED) is 0.842. The number of hydrogen-bond acceptors (Lipinski definition) is 3. The Balaban J connectivity index is 1.13. The number of fused-ring (bicyclic) bond motifs is 1. The van der Waals surface area contributed by atoms with Crippen LogP contribution in [0.25, 0.3) is 10.8 Å². The van der Waals surface area contributed by atoms with Crippen LogP contribution in [-0.2, 0) is 11.3 Å². The molecule has 154 valence electrons. The maximum atomic E-state index is 12.5. The Morgan fingerprint density at radius 3 is 2.52 bits per heavy atom. The second kappa shape index (κ2) is 8.45. The first kappa shape index (κ1) is 19.1. The number of amides is 1. The molecule has 1 aliphatic carbocycles. The molecule has 0 radical (unpaired) electrons. The highest BCUT2D eigenvalue weighted by Gasteiger charge is 2.33. The molecule has 3 aliphatic rings. The van der Waals surface area contributed by atoms with Gasteiger partial charge < -0.3 is 5.32 Å². The summed E-state index contributed by atoms with van der Waals surface area (Å²) in [7, 11) is 0. The van der Waals surface area contributed by atoms with Gasteiger partial charge in [-0.25, -0.2) is 0 Å². The van der Waals surface area contributed by atoms with Crippen LogP contribution in [0.3, 0.4) is 0 Å². The minimum atomic E-state index is 0.208. The summed E-state index contributed by atoms with van der Waals surface area (Å²) < 4.78 is 0. The number of nitrogens with zero attached hydrogens (tertiary/aromatic N) is 2. The molecule has 4 nitrogen and oxygen atoms in total. The molecular weight excluding hydrogens is 358 g/mol. The lowest BCUT2D eigenvalue weighted by Crippen LogP contribution is -2.50. The first-order valence-electron chi connectivity index (χ1n) is 11.5. The van der Waals surface area contributed by atoms with Gasteiger partial charge in [-0.05, 0) is 80.6 Å². The molecule has 29 heavy (non-hydrogen) atoms. The molecule has 4 heteroatoms. The molecular formula is C25H33N3O. The molecule has 0 bridgehead atoms. The van der Waals surface area contributed by atoms with Crippen LogP contribution in [0.2, 0.25) is 0 Å². The molecule has 0 spiro atoms. The van der Waals surface area contributed by atoms with Crippen molar-refractivity contribution in [1.82, 2.24) is 15.1 Å². The van der Waals surface area contributed by atoms with E-state index in [4.69, 9.17) is 0 Å². The van der Waals surface area contributed by atoms with Gasteiger partial charge in [0.1, 0.15) is 0 Å². The second-order valence-electron chi connectivity index (χ2n) is 9.31. The van der Waals surface area contributed by atoms with Crippen molar-refractivity contribution in [2.24, 2.45) is 5.92 Å². The first-order chi connectivity index (χ1) is 14.2. The summed E-state index contributed by atoms with van der Waals surface area (Å²) in [5.74, 6) is 0.519. The van der Waals surface area contributed by atoms with E-state index in [1.54, 1.807) is 0 Å². The van der Waals surface area contributed by atoms with Gasteiger partial charge in [0.15, 0.2) is 0 Å². The monoisotopic (exact) mass is 391 g/mol. The molecule has 2 aliphatic heterocycles. The highest BCUT2D eigenvalue weighted by Crippen LogP contribution is 2.26. The Bertz CT molecular complexity index is 854. The van der Waals surface area contributed by atoms with Crippen molar-refractivity contribution in [1.29, 1.82) is 0 Å². The van der Waals surface area contributed by atoms with E-state index in [1.165, 1.54) is 55.0 Å². The van der Waals surface area contributed by atoms with Crippen molar-refractivity contribution in [2.45, 2.75) is 57.2 Å². The summed E-state index contributed by atoms with van der Waals surface area (Å²) >= 11 is 0. The van der Waals surface area contributed by atoms with Gasteiger partial charge in [-0.15, -0.1) is 0 Å². The molecule has 3 fully saturated rings. The van der Waals surface area contributed by atoms with Crippen LogP contribution >= 0.6 is 0 Å². The highest BCUT2D eigenvalue weighted by atomic mass is 16.2. The predicted octanol–water partition coefficient (Wildman–Crippen LogP) is 3.79. The largest absolute Gasteiger partial charge is 0.353 e. The van der Waals surface area contributed by atoms with Gasteiger partial charge in [0.2, 0.25) is 5.91 Å². The number of carbonyl (C=O) groups is 1. The number of nitrogens with one attached hydrogen (secondary N) is 1. The third kappa shape index (κ3) is 4.65. The van der Waals surface area contributed by atoms with E-state index in [2.05, 4.69) is 57.6 Å². The van der Waals surface area contributed by atoms with Crippen molar-refractivity contribution in [3.05, 3.63) is 48.0 Å². The zero-order valence-corrected chi connectivity index (χ0v) is 17.4. The summed E-state index contributed by atoms with van der Waals surface area (Å²) in [6.07, 6.45) is 7.04. The first-order valence-corrected chi connectivity index (χ1v) is 11.5. The Morgan fingerprint density at radius 1 is 0.931 bits per heavy atom. The summed E-state index contributed by atoms with van der Waals surface area (Å²) in [5, 5.41) is 5.88. The average Bonchev–Trinajstić information content (AvgIpc) is 3.58. The summed E-state index contributed by atoms with van der Waals surface area (Å²) in [6, 6.07) is 16.6. The smallest absolute Gasteiger partial charge is 0.224 e. The molecule has 1 saturated carbocycles. The van der Waals surface area contributed by atoms with Crippen LogP contribution in [0.15, 0.2) is 42.5 Å². The molecule has 2 heterocycles. The molecule has 2 aromatic carbocycles. The summed E-state index contributed by atoms with van der Waals surface area (Å²) in [5.41, 5.74) is 1.41. The van der Waals surface area contributed by atoms with Crippen molar-refractivity contribution in [3.8, 4) is 0 Å². The molecule has 1 N–H and O–H groups in total. The van der Waals surface area contributed by atoms with Crippen LogP contribution in [0.5, 0.6) is 0 Å². The molecule has 2 saturated heterocycles. The summed E-state index contributed by atoms with van der Waals surface area (Å²) in [6.45, 7) is 5.50. The molecule has 0 aromatic heterocycles. The Morgan fingerprint density at radius 2 is 1.72 bits per heavy atom. The maximum absolute atomic E-state index is 12.5. The lowest BCUT2D eigenvalue weighted by Gasteiger charge is -2.42. The van der Waals surface area contributed by atoms with E-state index >= 15 is 0 Å². The minimum absolute atomic E-state index is 0.208. The summed E-state index contributed by atoms with van der Waals surface area (Å²) in [4.78, 5) is 17.7. The molecule has 0 unspecified atom stereocenters. The third-order valence-electron chi connectivity index (χ3n) is 7.04. The van der Waals surface area contributed by atoms with Gasteiger partial charge in [0.05, 0.1) is 5.92 Å². The lowest BCUT2D eigenvalue weighted by molar-refractivity contribution is -0.127. The Kier molecular flexibility index (Phi) is 5.56. The van der Waals surface area contributed by atoms with Crippen molar-refractivity contribution < 1.29 is 4.79 Å². The molecule has 5 rings (SSSR count). The fraction of sp³-hybridized carbons (Fsp3) is 0.560. The number of hydrogen-bond donors (Lipinski definition) is 1. The van der Waals surface area contributed by atoms with E-state index in [1.807, 2.05) is 0 Å². The van der Waals surface area contributed by atoms with Gasteiger partial charge in [-0.2, -0.15) is 0 Å². The fourth-order valence-electron chi connectivity index (χ4n) is 5.14. The zero-order valence-electron chi connectivity index (χ0n) is 17.4. The second-order valence-corrected chi connectivity index (χ2v) is 9.31. The minimum Gasteiger partial charge on any atom is -0.353 e. The zero-order chi connectivity index (χ0) is 19.6. The van der Waals surface area contributed by atoms with E-state index in [0.29, 0.717) is 18.0 Å². The van der Waals surface area contributed by atoms with Crippen molar-refractivity contribution >= 4 is 16.7 Å². The SMILES string of the molecule is O=C(NC1CC1)[C@@H]1CCCN(C2CCN(Cc3ccc4ccccc4c3)CC2)C1. The molecule has 2 aromatic rings. The average molecular weight is 392 g/mol. The number of likely N-dealkylation sites (tertiary alicyclic amines) is 2. The van der Waals surface area contributed by atoms with Crippen LogP contribution in [0.4, 0.5) is 0 Å². The maximum Gasteiger partial charge on any atom is 0.224 e. The number of piperidine rings is 2. The Labute approximate surface area is 174 Å². The third-order valence-corrected chi connectivity index (χ3v) is 7.04. The van der Waals surface area contributed by atoms with Gasteiger partial charge in [-0.1, -0.05) is 36.4 Å². The molecule has 1 amide bonds. The van der Waals surface area contributed by atoms with Crippen molar-refractivity contribution in [3.63, 3.8) is 0 Å².